The van der Waals surface area contributed by atoms with Gasteiger partial charge in [0.1, 0.15) is 0 Å². The van der Waals surface area contributed by atoms with Crippen molar-refractivity contribution in [3.63, 3.8) is 0 Å². The first kappa shape index (κ1) is 15.8. The molecule has 21 heavy (non-hydrogen) atoms. The first-order valence-electron chi connectivity index (χ1n) is 7.82. The van der Waals surface area contributed by atoms with Crippen LogP contribution in [0.1, 0.15) is 37.0 Å². The summed E-state index contributed by atoms with van der Waals surface area (Å²) in [4.78, 5) is 14.2. The van der Waals surface area contributed by atoms with Crippen LogP contribution in [0.4, 0.5) is 5.69 Å². The number of piperidine rings is 1. The van der Waals surface area contributed by atoms with E-state index in [0.29, 0.717) is 24.1 Å². The highest BCUT2D eigenvalue weighted by Gasteiger charge is 2.22. The van der Waals surface area contributed by atoms with Gasteiger partial charge in [0.15, 0.2) is 0 Å². The molecule has 0 saturated carbocycles. The minimum Gasteiger partial charge on any atom is -0.462 e. The van der Waals surface area contributed by atoms with Crippen molar-refractivity contribution < 1.29 is 9.53 Å². The number of rotatable bonds is 5. The first-order valence-corrected chi connectivity index (χ1v) is 7.82. The van der Waals surface area contributed by atoms with Gasteiger partial charge < -0.3 is 15.0 Å². The largest absolute Gasteiger partial charge is 0.462 e. The zero-order chi connectivity index (χ0) is 15.2. The fourth-order valence-corrected chi connectivity index (χ4v) is 2.95. The van der Waals surface area contributed by atoms with Crippen LogP contribution in [-0.4, -0.2) is 43.7 Å². The maximum atomic E-state index is 11.8. The van der Waals surface area contributed by atoms with Crippen molar-refractivity contribution in [2.45, 2.75) is 32.7 Å². The normalized spacial score (nSPS) is 20.8. The molecule has 1 aliphatic rings. The number of hydrogen-bond acceptors (Lipinski definition) is 4. The van der Waals surface area contributed by atoms with Crippen LogP contribution in [0.3, 0.4) is 0 Å². The number of hydrogen-bond donors (Lipinski definition) is 1. The maximum absolute atomic E-state index is 11.8. The Morgan fingerprint density at radius 3 is 3.05 bits per heavy atom. The molecule has 1 aromatic carbocycles. The predicted molar refractivity (Wildman–Crippen MR) is 85.7 cm³/mol. The summed E-state index contributed by atoms with van der Waals surface area (Å²) < 4.78 is 5.04. The van der Waals surface area contributed by atoms with Crippen LogP contribution in [0.15, 0.2) is 24.3 Å². The van der Waals surface area contributed by atoms with Gasteiger partial charge in [-0.15, -0.1) is 0 Å². The lowest BCUT2D eigenvalue weighted by Crippen LogP contribution is -2.39. The average molecular weight is 290 g/mol. The quantitative estimate of drug-likeness (QED) is 0.846. The highest BCUT2D eigenvalue weighted by atomic mass is 16.5. The summed E-state index contributed by atoms with van der Waals surface area (Å²) in [5.41, 5.74) is 1.59. The molecular formula is C17H26N2O2. The third-order valence-corrected chi connectivity index (χ3v) is 4.14. The van der Waals surface area contributed by atoms with Gasteiger partial charge in [0.2, 0.25) is 0 Å². The Kier molecular flexibility index (Phi) is 5.62. The molecule has 0 amide bonds. The van der Waals surface area contributed by atoms with Crippen LogP contribution in [0.2, 0.25) is 0 Å². The lowest BCUT2D eigenvalue weighted by molar-refractivity contribution is 0.0526. The number of esters is 1. The Bertz CT molecular complexity index is 476. The number of benzene rings is 1. The topological polar surface area (TPSA) is 41.6 Å². The summed E-state index contributed by atoms with van der Waals surface area (Å²) in [6.45, 7) is 6.77. The van der Waals surface area contributed by atoms with E-state index in [0.717, 1.165) is 12.2 Å². The van der Waals surface area contributed by atoms with Gasteiger partial charge in [0, 0.05) is 18.3 Å². The van der Waals surface area contributed by atoms with Crippen molar-refractivity contribution >= 4 is 11.7 Å². The van der Waals surface area contributed by atoms with Crippen LogP contribution in [0, 0.1) is 5.92 Å². The third-order valence-electron chi connectivity index (χ3n) is 4.14. The van der Waals surface area contributed by atoms with Gasteiger partial charge in [0.05, 0.1) is 12.2 Å². The summed E-state index contributed by atoms with van der Waals surface area (Å²) in [7, 11) is 2.18. The Balaban J connectivity index is 1.98. The number of anilines is 1. The number of carbonyl (C=O) groups is 1. The fourth-order valence-electron chi connectivity index (χ4n) is 2.95. The van der Waals surface area contributed by atoms with Crippen molar-refractivity contribution in [3.05, 3.63) is 29.8 Å². The van der Waals surface area contributed by atoms with E-state index in [1.165, 1.54) is 19.4 Å². The monoisotopic (exact) mass is 290 g/mol. The molecule has 0 aliphatic carbocycles. The Morgan fingerprint density at radius 2 is 2.33 bits per heavy atom. The van der Waals surface area contributed by atoms with Crippen molar-refractivity contribution in [3.8, 4) is 0 Å². The lowest BCUT2D eigenvalue weighted by atomic mass is 9.91. The Labute approximate surface area is 127 Å². The van der Waals surface area contributed by atoms with Gasteiger partial charge in [-0.25, -0.2) is 4.79 Å². The second kappa shape index (κ2) is 7.46. The number of nitrogens with one attached hydrogen (secondary N) is 1. The Hall–Kier alpha value is -1.55. The smallest absolute Gasteiger partial charge is 0.338 e. The van der Waals surface area contributed by atoms with Crippen molar-refractivity contribution in [1.82, 2.24) is 4.90 Å². The summed E-state index contributed by atoms with van der Waals surface area (Å²) >= 11 is 0. The standard InChI is InChI=1S/C17H26N2O2/c1-4-21-17(20)14-7-5-9-16(11-14)18-13(2)15-8-6-10-19(3)12-15/h5,7,9,11,13,15,18H,4,6,8,10,12H2,1-3H3. The third kappa shape index (κ3) is 4.46. The first-order chi connectivity index (χ1) is 10.1. The molecule has 0 radical (unpaired) electrons. The second-order valence-electron chi connectivity index (χ2n) is 5.90. The molecule has 0 bridgehead atoms. The number of likely N-dealkylation sites (tertiary alicyclic amines) is 1. The van der Waals surface area contributed by atoms with E-state index in [-0.39, 0.29) is 5.97 Å². The molecule has 2 atom stereocenters. The van der Waals surface area contributed by atoms with Crippen LogP contribution in [-0.2, 0) is 4.74 Å². The van der Waals surface area contributed by atoms with E-state index in [1.807, 2.05) is 25.1 Å². The molecule has 1 N–H and O–H groups in total. The highest BCUT2D eigenvalue weighted by molar-refractivity contribution is 5.90. The van der Waals surface area contributed by atoms with E-state index in [2.05, 4.69) is 24.2 Å². The zero-order valence-electron chi connectivity index (χ0n) is 13.3. The average Bonchev–Trinajstić information content (AvgIpc) is 2.48. The van der Waals surface area contributed by atoms with Gasteiger partial charge in [-0.2, -0.15) is 0 Å². The van der Waals surface area contributed by atoms with Gasteiger partial charge in [0.25, 0.3) is 0 Å². The van der Waals surface area contributed by atoms with E-state index in [9.17, 15) is 4.79 Å². The zero-order valence-corrected chi connectivity index (χ0v) is 13.3. The molecule has 0 spiro atoms. The maximum Gasteiger partial charge on any atom is 0.338 e. The summed E-state index contributed by atoms with van der Waals surface area (Å²) in [6, 6.07) is 7.97. The van der Waals surface area contributed by atoms with E-state index in [4.69, 9.17) is 4.74 Å². The molecular weight excluding hydrogens is 264 g/mol. The summed E-state index contributed by atoms with van der Waals surface area (Å²) in [6.07, 6.45) is 2.52. The van der Waals surface area contributed by atoms with Crippen molar-refractivity contribution in [1.29, 1.82) is 0 Å². The summed E-state index contributed by atoms with van der Waals surface area (Å²) in [5, 5.41) is 3.54. The van der Waals surface area contributed by atoms with Crippen LogP contribution >= 0.6 is 0 Å². The van der Waals surface area contributed by atoms with E-state index < -0.39 is 0 Å². The molecule has 4 nitrogen and oxygen atoms in total. The van der Waals surface area contributed by atoms with Gasteiger partial charge >= 0.3 is 5.97 Å². The lowest BCUT2D eigenvalue weighted by Gasteiger charge is -2.34. The molecule has 0 aromatic heterocycles. The molecule has 2 unspecified atom stereocenters. The van der Waals surface area contributed by atoms with Gasteiger partial charge in [-0.3, -0.25) is 0 Å². The highest BCUT2D eigenvalue weighted by Crippen LogP contribution is 2.22. The molecule has 1 fully saturated rings. The van der Waals surface area contributed by atoms with Crippen LogP contribution in [0.25, 0.3) is 0 Å². The summed E-state index contributed by atoms with van der Waals surface area (Å²) in [5.74, 6) is 0.390. The Morgan fingerprint density at radius 1 is 1.52 bits per heavy atom. The molecule has 1 aromatic rings. The fraction of sp³-hybridized carbons (Fsp3) is 0.588. The van der Waals surface area contributed by atoms with Crippen molar-refractivity contribution in [2.75, 3.05) is 32.1 Å². The predicted octanol–water partition coefficient (Wildman–Crippen LogP) is 3.01. The SMILES string of the molecule is CCOC(=O)c1cccc(NC(C)C2CCCN(C)C2)c1. The minimum atomic E-state index is -0.258. The molecule has 1 aliphatic heterocycles. The van der Waals surface area contributed by atoms with Gasteiger partial charge in [-0.05, 0) is 64.4 Å². The minimum absolute atomic E-state index is 0.258. The number of carbonyl (C=O) groups excluding carboxylic acids is 1. The van der Waals surface area contributed by atoms with E-state index in [1.54, 1.807) is 6.07 Å². The molecule has 1 saturated heterocycles. The molecule has 116 valence electrons. The molecule has 4 heteroatoms. The molecule has 1 heterocycles. The van der Waals surface area contributed by atoms with Gasteiger partial charge in [-0.1, -0.05) is 6.07 Å². The van der Waals surface area contributed by atoms with Crippen LogP contribution < -0.4 is 5.32 Å². The number of nitrogens with zero attached hydrogens (tertiary/aromatic N) is 1. The van der Waals surface area contributed by atoms with E-state index >= 15 is 0 Å². The molecule has 2 rings (SSSR count). The second-order valence-corrected chi connectivity index (χ2v) is 5.90. The van der Waals surface area contributed by atoms with Crippen molar-refractivity contribution in [2.24, 2.45) is 5.92 Å². The van der Waals surface area contributed by atoms with Crippen LogP contribution in [0.5, 0.6) is 0 Å². The number of ether oxygens (including phenoxy) is 1.